The number of hydrogen-bond donors (Lipinski definition) is 1. The Kier molecular flexibility index (Phi) is 5.26. The minimum atomic E-state index is 0.255. The van der Waals surface area contributed by atoms with Gasteiger partial charge in [0, 0.05) is 18.1 Å². The van der Waals surface area contributed by atoms with E-state index in [1.165, 1.54) is 38.6 Å². The summed E-state index contributed by atoms with van der Waals surface area (Å²) in [6, 6.07) is 0.667. The van der Waals surface area contributed by atoms with Gasteiger partial charge in [0.15, 0.2) is 0 Å². The van der Waals surface area contributed by atoms with Gasteiger partial charge < -0.3 is 5.73 Å². The zero-order valence-electron chi connectivity index (χ0n) is 11.6. The van der Waals surface area contributed by atoms with E-state index < -0.39 is 0 Å². The topological polar surface area (TPSA) is 29.3 Å². The van der Waals surface area contributed by atoms with Crippen LogP contribution in [0.1, 0.15) is 59.8 Å². The maximum absolute atomic E-state index is 6.07. The van der Waals surface area contributed by atoms with Crippen LogP contribution < -0.4 is 5.73 Å². The van der Waals surface area contributed by atoms with Crippen molar-refractivity contribution in [2.75, 3.05) is 13.1 Å². The monoisotopic (exact) mass is 226 g/mol. The Morgan fingerprint density at radius 3 is 2.38 bits per heavy atom. The Bertz CT molecular complexity index is 201. The Morgan fingerprint density at radius 2 is 2.00 bits per heavy atom. The van der Waals surface area contributed by atoms with Crippen LogP contribution in [-0.4, -0.2) is 29.6 Å². The van der Waals surface area contributed by atoms with Crippen molar-refractivity contribution in [3.8, 4) is 0 Å². The van der Waals surface area contributed by atoms with Crippen LogP contribution in [0.2, 0.25) is 0 Å². The normalized spacial score (nSPS) is 22.1. The number of nitrogens with zero attached hydrogens (tertiary/aromatic N) is 1. The van der Waals surface area contributed by atoms with E-state index in [2.05, 4.69) is 32.6 Å². The molecule has 0 amide bonds. The fraction of sp³-hybridized carbons (Fsp3) is 1.00. The molecule has 0 radical (unpaired) electrons. The van der Waals surface area contributed by atoms with Gasteiger partial charge in [-0.2, -0.15) is 0 Å². The maximum atomic E-state index is 6.07. The average molecular weight is 226 g/mol. The Balaban J connectivity index is 2.71. The van der Waals surface area contributed by atoms with Crippen LogP contribution in [0.5, 0.6) is 0 Å². The molecular weight excluding hydrogens is 196 g/mol. The third-order valence-electron chi connectivity index (χ3n) is 4.40. The Morgan fingerprint density at radius 1 is 1.38 bits per heavy atom. The molecule has 96 valence electrons. The molecule has 2 unspecified atom stereocenters. The highest BCUT2D eigenvalue weighted by molar-refractivity contribution is 5.01. The fourth-order valence-electron chi connectivity index (χ4n) is 2.75. The summed E-state index contributed by atoms with van der Waals surface area (Å²) in [7, 11) is 0. The molecule has 0 aromatic rings. The number of rotatable bonds is 8. The van der Waals surface area contributed by atoms with Crippen molar-refractivity contribution in [3.63, 3.8) is 0 Å². The van der Waals surface area contributed by atoms with E-state index in [0.29, 0.717) is 6.04 Å². The lowest BCUT2D eigenvalue weighted by atomic mass is 9.91. The van der Waals surface area contributed by atoms with Crippen molar-refractivity contribution >= 4 is 0 Å². The molecule has 2 nitrogen and oxygen atoms in total. The lowest BCUT2D eigenvalue weighted by Crippen LogP contribution is -2.57. The van der Waals surface area contributed by atoms with Gasteiger partial charge in [0.25, 0.3) is 0 Å². The van der Waals surface area contributed by atoms with Crippen molar-refractivity contribution in [1.29, 1.82) is 0 Å². The summed E-state index contributed by atoms with van der Waals surface area (Å²) in [6.07, 6.45) is 6.57. The molecule has 0 spiro atoms. The lowest BCUT2D eigenvalue weighted by Gasteiger charge is -2.45. The quantitative estimate of drug-likeness (QED) is 0.689. The van der Waals surface area contributed by atoms with Crippen molar-refractivity contribution < 1.29 is 0 Å². The summed E-state index contributed by atoms with van der Waals surface area (Å²) in [5.74, 6) is 0.850. The molecule has 0 saturated heterocycles. The van der Waals surface area contributed by atoms with Gasteiger partial charge in [-0.25, -0.2) is 0 Å². The second-order valence-electron chi connectivity index (χ2n) is 5.64. The van der Waals surface area contributed by atoms with Crippen molar-refractivity contribution in [2.24, 2.45) is 11.7 Å². The largest absolute Gasteiger partial charge is 0.329 e. The molecule has 0 heterocycles. The van der Waals surface area contributed by atoms with E-state index in [4.69, 9.17) is 5.73 Å². The third-order valence-corrected chi connectivity index (χ3v) is 4.40. The minimum absolute atomic E-state index is 0.255. The molecule has 2 atom stereocenters. The maximum Gasteiger partial charge on any atom is 0.0334 e. The third kappa shape index (κ3) is 2.98. The molecule has 2 heteroatoms. The van der Waals surface area contributed by atoms with E-state index >= 15 is 0 Å². The molecule has 1 aliphatic carbocycles. The lowest BCUT2D eigenvalue weighted by molar-refractivity contribution is 0.0472. The zero-order valence-corrected chi connectivity index (χ0v) is 11.6. The first-order valence-corrected chi connectivity index (χ1v) is 7.06. The highest BCUT2D eigenvalue weighted by atomic mass is 15.2. The average Bonchev–Trinajstić information content (AvgIpc) is 3.12. The molecule has 0 bridgehead atoms. The molecule has 0 aliphatic heterocycles. The molecule has 1 rings (SSSR count). The minimum Gasteiger partial charge on any atom is -0.329 e. The first-order chi connectivity index (χ1) is 7.60. The zero-order chi connectivity index (χ0) is 12.2. The van der Waals surface area contributed by atoms with Crippen LogP contribution in [-0.2, 0) is 0 Å². The number of hydrogen-bond acceptors (Lipinski definition) is 2. The predicted molar refractivity (Wildman–Crippen MR) is 71.6 cm³/mol. The first kappa shape index (κ1) is 14.0. The van der Waals surface area contributed by atoms with Gasteiger partial charge in [-0.3, -0.25) is 4.90 Å². The van der Waals surface area contributed by atoms with E-state index in [1.807, 2.05) is 0 Å². The van der Waals surface area contributed by atoms with E-state index in [9.17, 15) is 0 Å². The molecule has 0 aromatic carbocycles. The van der Waals surface area contributed by atoms with Gasteiger partial charge in [0.05, 0.1) is 0 Å². The van der Waals surface area contributed by atoms with Gasteiger partial charge in [-0.05, 0) is 52.0 Å². The van der Waals surface area contributed by atoms with Crippen LogP contribution in [0.3, 0.4) is 0 Å². The second kappa shape index (κ2) is 6.02. The van der Waals surface area contributed by atoms with E-state index in [-0.39, 0.29) is 5.54 Å². The summed E-state index contributed by atoms with van der Waals surface area (Å²) in [5, 5.41) is 0. The molecular formula is C14H30N2. The van der Waals surface area contributed by atoms with Gasteiger partial charge in [-0.1, -0.05) is 20.3 Å². The summed E-state index contributed by atoms with van der Waals surface area (Å²) >= 11 is 0. The molecule has 0 aromatic heterocycles. The summed E-state index contributed by atoms with van der Waals surface area (Å²) in [5.41, 5.74) is 6.33. The van der Waals surface area contributed by atoms with Crippen LogP contribution in [0, 0.1) is 5.92 Å². The molecule has 1 aliphatic rings. The fourth-order valence-corrected chi connectivity index (χ4v) is 2.75. The highest BCUT2D eigenvalue weighted by Crippen LogP contribution is 2.43. The number of unbranched alkanes of at least 4 members (excludes halogenated alkanes) is 1. The van der Waals surface area contributed by atoms with Crippen molar-refractivity contribution in [3.05, 3.63) is 0 Å². The van der Waals surface area contributed by atoms with Crippen molar-refractivity contribution in [2.45, 2.75) is 71.4 Å². The Labute approximate surface area is 102 Å². The Hall–Kier alpha value is -0.0800. The standard InChI is InChI=1S/C14H30N2/c1-5-7-10-16(12(3)6-2)14(4,11-15)13-8-9-13/h12-13H,5-11,15H2,1-4H3. The summed E-state index contributed by atoms with van der Waals surface area (Å²) in [4.78, 5) is 2.69. The highest BCUT2D eigenvalue weighted by Gasteiger charge is 2.45. The van der Waals surface area contributed by atoms with Gasteiger partial charge in [0.2, 0.25) is 0 Å². The molecule has 16 heavy (non-hydrogen) atoms. The molecule has 1 fully saturated rings. The van der Waals surface area contributed by atoms with Crippen LogP contribution >= 0.6 is 0 Å². The number of nitrogens with two attached hydrogens (primary N) is 1. The molecule has 1 saturated carbocycles. The van der Waals surface area contributed by atoms with Crippen molar-refractivity contribution in [1.82, 2.24) is 4.90 Å². The van der Waals surface area contributed by atoms with Crippen LogP contribution in [0.25, 0.3) is 0 Å². The first-order valence-electron chi connectivity index (χ1n) is 7.06. The molecule has 2 N–H and O–H groups in total. The van der Waals surface area contributed by atoms with Gasteiger partial charge in [-0.15, -0.1) is 0 Å². The van der Waals surface area contributed by atoms with Gasteiger partial charge in [0.1, 0.15) is 0 Å². The van der Waals surface area contributed by atoms with E-state index in [0.717, 1.165) is 12.5 Å². The SMILES string of the molecule is CCCCN(C(C)CC)C(C)(CN)C1CC1. The van der Waals surface area contributed by atoms with Crippen LogP contribution in [0.15, 0.2) is 0 Å². The second-order valence-corrected chi connectivity index (χ2v) is 5.64. The van der Waals surface area contributed by atoms with E-state index in [1.54, 1.807) is 0 Å². The summed E-state index contributed by atoms with van der Waals surface area (Å²) < 4.78 is 0. The smallest absolute Gasteiger partial charge is 0.0334 e. The van der Waals surface area contributed by atoms with Gasteiger partial charge >= 0.3 is 0 Å². The van der Waals surface area contributed by atoms with Crippen LogP contribution in [0.4, 0.5) is 0 Å². The summed E-state index contributed by atoms with van der Waals surface area (Å²) in [6.45, 7) is 11.3. The predicted octanol–water partition coefficient (Wildman–Crippen LogP) is 3.01.